The molecule has 39 heavy (non-hydrogen) atoms. The summed E-state index contributed by atoms with van der Waals surface area (Å²) in [6.07, 6.45) is 5.19. The van der Waals surface area contributed by atoms with Crippen molar-refractivity contribution in [2.45, 2.75) is 43.7 Å². The van der Waals surface area contributed by atoms with E-state index >= 15 is 0 Å². The van der Waals surface area contributed by atoms with Crippen molar-refractivity contribution in [1.29, 1.82) is 0 Å². The molecule has 5 nitrogen and oxygen atoms in total. The van der Waals surface area contributed by atoms with Gasteiger partial charge in [0, 0.05) is 28.9 Å². The summed E-state index contributed by atoms with van der Waals surface area (Å²) in [7, 11) is 0. The second kappa shape index (κ2) is 8.50. The smallest absolute Gasteiger partial charge is 0.237 e. The highest BCUT2D eigenvalue weighted by molar-refractivity contribution is 6.06. The number of anilines is 2. The molecule has 0 bridgehead atoms. The van der Waals surface area contributed by atoms with Crippen molar-refractivity contribution >= 4 is 28.3 Å². The van der Waals surface area contributed by atoms with E-state index in [0.717, 1.165) is 41.5 Å². The van der Waals surface area contributed by atoms with Crippen LogP contribution in [0.15, 0.2) is 97.2 Å². The Labute approximate surface area is 227 Å². The zero-order valence-electron chi connectivity index (χ0n) is 21.6. The van der Waals surface area contributed by atoms with Crippen molar-refractivity contribution in [3.05, 3.63) is 131 Å². The van der Waals surface area contributed by atoms with Crippen LogP contribution in [-0.2, 0) is 42.4 Å². The SMILES string of the molecule is O=C1Nc2ncccc2C12Cc1cc3ccc(CN4c5ccccc5CC4Cc4ccccc4)nc3cc1C2. The maximum Gasteiger partial charge on any atom is 0.237 e. The Morgan fingerprint density at radius 3 is 2.59 bits per heavy atom. The molecule has 1 amide bonds. The number of hydrogen-bond donors (Lipinski definition) is 1. The lowest BCUT2D eigenvalue weighted by molar-refractivity contribution is -0.120. The zero-order valence-corrected chi connectivity index (χ0v) is 21.6. The molecule has 2 aromatic heterocycles. The highest BCUT2D eigenvalue weighted by Crippen LogP contribution is 2.47. The second-order valence-electron chi connectivity index (χ2n) is 11.2. The number of nitrogens with one attached hydrogen (secondary N) is 1. The minimum absolute atomic E-state index is 0.0576. The average Bonchev–Trinajstić information content (AvgIpc) is 3.59. The van der Waals surface area contributed by atoms with Crippen LogP contribution < -0.4 is 10.2 Å². The third-order valence-electron chi connectivity index (χ3n) is 8.89. The standard InChI is InChI=1S/C34H28N4O/c39-33-34(29-10-6-14-35-32(29)37-33)19-25-16-23-12-13-27(36-30(23)18-26(25)20-34)21-38-28(15-22-7-2-1-3-8-22)17-24-9-4-5-11-31(24)38/h1-14,16,18,28H,15,17,19-21H2,(H,35,37,39). The zero-order chi connectivity index (χ0) is 26.0. The summed E-state index contributed by atoms with van der Waals surface area (Å²) in [5, 5.41) is 4.14. The molecule has 1 N–H and O–H groups in total. The van der Waals surface area contributed by atoms with E-state index in [-0.39, 0.29) is 5.91 Å². The van der Waals surface area contributed by atoms with Gasteiger partial charge in [-0.25, -0.2) is 4.98 Å². The molecule has 0 saturated carbocycles. The Morgan fingerprint density at radius 2 is 1.69 bits per heavy atom. The van der Waals surface area contributed by atoms with Gasteiger partial charge in [0.1, 0.15) is 5.82 Å². The number of aromatic nitrogens is 2. The monoisotopic (exact) mass is 508 g/mol. The van der Waals surface area contributed by atoms with Crippen LogP contribution in [0.2, 0.25) is 0 Å². The summed E-state index contributed by atoms with van der Waals surface area (Å²) in [5.41, 5.74) is 9.06. The van der Waals surface area contributed by atoms with Gasteiger partial charge in [-0.05, 0) is 78.3 Å². The number of amides is 1. The first-order valence-electron chi connectivity index (χ1n) is 13.7. The molecule has 190 valence electrons. The normalized spacial score (nSPS) is 20.8. The summed E-state index contributed by atoms with van der Waals surface area (Å²) in [6.45, 7) is 0.771. The quantitative estimate of drug-likeness (QED) is 0.334. The molecule has 3 aromatic carbocycles. The van der Waals surface area contributed by atoms with Gasteiger partial charge in [0.2, 0.25) is 5.91 Å². The maximum absolute atomic E-state index is 13.2. The van der Waals surface area contributed by atoms with Crippen LogP contribution in [0.1, 0.15) is 33.5 Å². The molecule has 1 aliphatic carbocycles. The van der Waals surface area contributed by atoms with Gasteiger partial charge in [0.25, 0.3) is 0 Å². The average molecular weight is 509 g/mol. The Bertz CT molecular complexity index is 1760. The number of benzene rings is 3. The van der Waals surface area contributed by atoms with Crippen LogP contribution in [0, 0.1) is 0 Å². The lowest BCUT2D eigenvalue weighted by atomic mass is 9.79. The van der Waals surface area contributed by atoms with Crippen LogP contribution in [-0.4, -0.2) is 21.9 Å². The molecule has 8 rings (SSSR count). The second-order valence-corrected chi connectivity index (χ2v) is 11.2. The summed E-state index contributed by atoms with van der Waals surface area (Å²) in [6, 6.07) is 32.7. The number of para-hydroxylation sites is 1. The number of pyridine rings is 2. The molecule has 0 saturated heterocycles. The van der Waals surface area contributed by atoms with E-state index < -0.39 is 5.41 Å². The number of rotatable bonds is 4. The fraction of sp³-hybridized carbons (Fsp3) is 0.206. The summed E-state index contributed by atoms with van der Waals surface area (Å²) < 4.78 is 0. The molecule has 2 unspecified atom stereocenters. The predicted octanol–water partition coefficient (Wildman–Crippen LogP) is 5.79. The molecule has 0 fully saturated rings. The highest BCUT2D eigenvalue weighted by atomic mass is 16.2. The van der Waals surface area contributed by atoms with Gasteiger partial charge in [-0.3, -0.25) is 9.78 Å². The first kappa shape index (κ1) is 22.5. The molecule has 0 radical (unpaired) electrons. The van der Waals surface area contributed by atoms with Crippen molar-refractivity contribution in [3.8, 4) is 0 Å². The summed E-state index contributed by atoms with van der Waals surface area (Å²) >= 11 is 0. The van der Waals surface area contributed by atoms with Crippen molar-refractivity contribution < 1.29 is 4.79 Å². The van der Waals surface area contributed by atoms with Gasteiger partial charge < -0.3 is 10.2 Å². The molecule has 2 atom stereocenters. The van der Waals surface area contributed by atoms with E-state index in [9.17, 15) is 4.79 Å². The van der Waals surface area contributed by atoms with Crippen molar-refractivity contribution in [2.24, 2.45) is 0 Å². The summed E-state index contributed by atoms with van der Waals surface area (Å²) in [4.78, 5) is 25.2. The topological polar surface area (TPSA) is 58.1 Å². The molecule has 3 aliphatic rings. The first-order valence-corrected chi connectivity index (χ1v) is 13.7. The molecule has 1 spiro atoms. The molecule has 4 heterocycles. The number of fused-ring (bicyclic) bond motifs is 5. The molecular formula is C34H28N4O. The number of hydrogen-bond acceptors (Lipinski definition) is 4. The van der Waals surface area contributed by atoms with E-state index in [4.69, 9.17) is 4.98 Å². The van der Waals surface area contributed by atoms with Crippen LogP contribution >= 0.6 is 0 Å². The van der Waals surface area contributed by atoms with Crippen LogP contribution in [0.25, 0.3) is 10.9 Å². The Balaban J connectivity index is 1.12. The Morgan fingerprint density at radius 1 is 0.872 bits per heavy atom. The van der Waals surface area contributed by atoms with Gasteiger partial charge in [0.15, 0.2) is 0 Å². The van der Waals surface area contributed by atoms with Gasteiger partial charge >= 0.3 is 0 Å². The lowest BCUT2D eigenvalue weighted by Gasteiger charge is -2.27. The molecule has 5 heteroatoms. The van der Waals surface area contributed by atoms with Crippen molar-refractivity contribution in [2.75, 3.05) is 10.2 Å². The predicted molar refractivity (Wildman–Crippen MR) is 154 cm³/mol. The summed E-state index contributed by atoms with van der Waals surface area (Å²) in [5.74, 6) is 0.762. The third-order valence-corrected chi connectivity index (χ3v) is 8.89. The fourth-order valence-corrected chi connectivity index (χ4v) is 7.01. The van der Waals surface area contributed by atoms with Crippen LogP contribution in [0.4, 0.5) is 11.5 Å². The Hall–Kier alpha value is -4.51. The molecular weight excluding hydrogens is 480 g/mol. The first-order chi connectivity index (χ1) is 19.2. The lowest BCUT2D eigenvalue weighted by Crippen LogP contribution is -2.35. The molecule has 5 aromatic rings. The maximum atomic E-state index is 13.2. The van der Waals surface area contributed by atoms with Gasteiger partial charge in [-0.2, -0.15) is 0 Å². The van der Waals surface area contributed by atoms with E-state index in [1.807, 2.05) is 12.1 Å². The van der Waals surface area contributed by atoms with E-state index in [2.05, 4.69) is 94.1 Å². The minimum Gasteiger partial charge on any atom is -0.362 e. The highest BCUT2D eigenvalue weighted by Gasteiger charge is 2.51. The van der Waals surface area contributed by atoms with Gasteiger partial charge in [-0.1, -0.05) is 60.7 Å². The van der Waals surface area contributed by atoms with E-state index in [0.29, 0.717) is 24.7 Å². The fourth-order valence-electron chi connectivity index (χ4n) is 7.01. The number of carbonyl (C=O) groups is 1. The van der Waals surface area contributed by atoms with Crippen molar-refractivity contribution in [1.82, 2.24) is 9.97 Å². The third kappa shape index (κ3) is 3.57. The van der Waals surface area contributed by atoms with Gasteiger partial charge in [0.05, 0.1) is 23.2 Å². The Kier molecular flexibility index (Phi) is 4.90. The largest absolute Gasteiger partial charge is 0.362 e. The van der Waals surface area contributed by atoms with E-state index in [1.165, 1.54) is 27.9 Å². The number of nitrogens with zero attached hydrogens (tertiary/aromatic N) is 3. The number of carbonyl (C=O) groups excluding carboxylic acids is 1. The molecule has 2 aliphatic heterocycles. The van der Waals surface area contributed by atoms with Gasteiger partial charge in [-0.15, -0.1) is 0 Å². The van der Waals surface area contributed by atoms with Crippen LogP contribution in [0.3, 0.4) is 0 Å². The van der Waals surface area contributed by atoms with E-state index in [1.54, 1.807) is 6.20 Å². The van der Waals surface area contributed by atoms with Crippen LogP contribution in [0.5, 0.6) is 0 Å². The minimum atomic E-state index is -0.559. The van der Waals surface area contributed by atoms with Crippen molar-refractivity contribution in [3.63, 3.8) is 0 Å².